The molecule has 1 atom stereocenters. The smallest absolute Gasteiger partial charge is 0.232 e. The molecule has 0 bridgehead atoms. The summed E-state index contributed by atoms with van der Waals surface area (Å²) in [5.74, 6) is 2.00. The lowest BCUT2D eigenvalue weighted by Gasteiger charge is -2.32. The van der Waals surface area contributed by atoms with Gasteiger partial charge in [-0.25, -0.2) is 4.98 Å². The van der Waals surface area contributed by atoms with Gasteiger partial charge in [0.1, 0.15) is 17.2 Å². The fourth-order valence-electron chi connectivity index (χ4n) is 2.76. The summed E-state index contributed by atoms with van der Waals surface area (Å²) in [6.07, 6.45) is 5.77. The van der Waals surface area contributed by atoms with E-state index in [0.29, 0.717) is 23.4 Å². The highest BCUT2D eigenvalue weighted by Crippen LogP contribution is 2.23. The van der Waals surface area contributed by atoms with Gasteiger partial charge in [-0.2, -0.15) is 0 Å². The van der Waals surface area contributed by atoms with Gasteiger partial charge in [-0.05, 0) is 31.5 Å². The first-order valence-corrected chi connectivity index (χ1v) is 7.88. The lowest BCUT2D eigenvalue weighted by Crippen LogP contribution is -2.37. The van der Waals surface area contributed by atoms with E-state index in [2.05, 4.69) is 20.1 Å². The van der Waals surface area contributed by atoms with Crippen LogP contribution >= 0.6 is 11.6 Å². The number of hydrogen-bond acceptors (Lipinski definition) is 5. The van der Waals surface area contributed by atoms with Crippen LogP contribution < -0.4 is 4.74 Å². The Bertz CT molecular complexity index is 617. The first-order chi connectivity index (χ1) is 10.7. The second kappa shape index (κ2) is 7.07. The highest BCUT2D eigenvalue weighted by molar-refractivity contribution is 6.31. The average molecular weight is 322 g/mol. The molecule has 2 aromatic rings. The molecule has 3 rings (SSSR count). The van der Waals surface area contributed by atoms with E-state index in [9.17, 15) is 0 Å². The minimum atomic E-state index is 0.486. The molecule has 118 valence electrons. The Morgan fingerprint density at radius 3 is 3.14 bits per heavy atom. The van der Waals surface area contributed by atoms with Crippen LogP contribution in [-0.2, 0) is 13.6 Å². The molecule has 2 aromatic heterocycles. The molecule has 0 radical (unpaired) electrons. The molecule has 0 amide bonds. The lowest BCUT2D eigenvalue weighted by molar-refractivity contribution is 0.120. The van der Waals surface area contributed by atoms with Crippen LogP contribution in [0.2, 0.25) is 5.02 Å². The van der Waals surface area contributed by atoms with Crippen molar-refractivity contribution in [2.45, 2.75) is 19.4 Å². The molecule has 0 saturated carbocycles. The molecule has 1 unspecified atom stereocenters. The molecular formula is C15H20ClN5O. The van der Waals surface area contributed by atoms with Gasteiger partial charge in [0.25, 0.3) is 0 Å². The third-order valence-electron chi connectivity index (χ3n) is 3.95. The third-order valence-corrected chi connectivity index (χ3v) is 4.24. The maximum absolute atomic E-state index is 6.07. The Morgan fingerprint density at radius 1 is 1.45 bits per heavy atom. The van der Waals surface area contributed by atoms with Gasteiger partial charge in [-0.3, -0.25) is 4.90 Å². The van der Waals surface area contributed by atoms with E-state index >= 15 is 0 Å². The molecule has 3 heterocycles. The van der Waals surface area contributed by atoms with E-state index in [4.69, 9.17) is 16.3 Å². The van der Waals surface area contributed by atoms with Crippen molar-refractivity contribution in [1.82, 2.24) is 24.6 Å². The zero-order valence-electron chi connectivity index (χ0n) is 12.7. The fraction of sp³-hybridized carbons (Fsp3) is 0.533. The van der Waals surface area contributed by atoms with E-state index in [0.717, 1.165) is 25.5 Å². The van der Waals surface area contributed by atoms with Crippen molar-refractivity contribution in [3.8, 4) is 5.88 Å². The van der Waals surface area contributed by atoms with Gasteiger partial charge in [-0.1, -0.05) is 11.6 Å². The molecule has 7 heteroatoms. The topological polar surface area (TPSA) is 56.1 Å². The average Bonchev–Trinajstić information content (AvgIpc) is 2.92. The van der Waals surface area contributed by atoms with Gasteiger partial charge in [0, 0.05) is 25.7 Å². The van der Waals surface area contributed by atoms with Crippen LogP contribution in [-0.4, -0.2) is 44.3 Å². The minimum Gasteiger partial charge on any atom is -0.476 e. The number of hydrogen-bond donors (Lipinski definition) is 0. The van der Waals surface area contributed by atoms with E-state index < -0.39 is 0 Å². The van der Waals surface area contributed by atoms with Crippen molar-refractivity contribution < 1.29 is 4.74 Å². The molecule has 0 spiro atoms. The molecular weight excluding hydrogens is 302 g/mol. The molecule has 6 nitrogen and oxygen atoms in total. The lowest BCUT2D eigenvalue weighted by atomic mass is 9.99. The zero-order chi connectivity index (χ0) is 15.4. The van der Waals surface area contributed by atoms with E-state index in [-0.39, 0.29) is 0 Å². The Balaban J connectivity index is 1.52. The van der Waals surface area contributed by atoms with Crippen LogP contribution in [0.3, 0.4) is 0 Å². The number of aromatic nitrogens is 4. The van der Waals surface area contributed by atoms with Crippen molar-refractivity contribution in [3.05, 3.63) is 35.5 Å². The van der Waals surface area contributed by atoms with Crippen LogP contribution in [0.25, 0.3) is 0 Å². The summed E-state index contributed by atoms with van der Waals surface area (Å²) in [7, 11) is 1.98. The van der Waals surface area contributed by atoms with E-state index in [1.54, 1.807) is 24.7 Å². The van der Waals surface area contributed by atoms with Gasteiger partial charge < -0.3 is 9.30 Å². The first kappa shape index (κ1) is 15.2. The molecule has 1 saturated heterocycles. The Morgan fingerprint density at radius 2 is 2.36 bits per heavy atom. The highest BCUT2D eigenvalue weighted by atomic mass is 35.5. The van der Waals surface area contributed by atoms with Gasteiger partial charge in [0.15, 0.2) is 0 Å². The summed E-state index contributed by atoms with van der Waals surface area (Å²) < 4.78 is 7.75. The minimum absolute atomic E-state index is 0.486. The molecule has 1 fully saturated rings. The van der Waals surface area contributed by atoms with Crippen LogP contribution in [0.5, 0.6) is 5.88 Å². The van der Waals surface area contributed by atoms with Crippen LogP contribution in [0, 0.1) is 5.92 Å². The number of halogens is 1. The number of aryl methyl sites for hydroxylation is 1. The Kier molecular flexibility index (Phi) is 4.90. The summed E-state index contributed by atoms with van der Waals surface area (Å²) in [4.78, 5) is 6.57. The maximum atomic E-state index is 6.07. The monoisotopic (exact) mass is 321 g/mol. The summed E-state index contributed by atoms with van der Waals surface area (Å²) in [5, 5.41) is 8.65. The van der Waals surface area contributed by atoms with Gasteiger partial charge in [-0.15, -0.1) is 10.2 Å². The van der Waals surface area contributed by atoms with E-state index in [1.165, 1.54) is 12.8 Å². The standard InChI is InChI=1S/C15H20ClN5O/c1-20-11-18-19-14(20)9-21-7-3-4-12(8-21)10-22-15-13(16)5-2-6-17-15/h2,5-6,11-12H,3-4,7-10H2,1H3. The van der Waals surface area contributed by atoms with Crippen molar-refractivity contribution in [2.24, 2.45) is 13.0 Å². The van der Waals surface area contributed by atoms with Crippen molar-refractivity contribution in [1.29, 1.82) is 0 Å². The maximum Gasteiger partial charge on any atom is 0.232 e. The normalized spacial score (nSPS) is 19.3. The number of nitrogens with zero attached hydrogens (tertiary/aromatic N) is 5. The quantitative estimate of drug-likeness (QED) is 0.844. The molecule has 1 aliphatic heterocycles. The number of piperidine rings is 1. The third kappa shape index (κ3) is 3.75. The predicted octanol–water partition coefficient (Wildman–Crippen LogP) is 2.15. The SMILES string of the molecule is Cn1cnnc1CN1CCCC(COc2ncccc2Cl)C1. The predicted molar refractivity (Wildman–Crippen MR) is 83.7 cm³/mol. The second-order valence-corrected chi connectivity index (χ2v) is 6.11. The molecule has 0 N–H and O–H groups in total. The molecule has 1 aliphatic rings. The van der Waals surface area contributed by atoms with Gasteiger partial charge in [0.2, 0.25) is 5.88 Å². The summed E-state index contributed by atoms with van der Waals surface area (Å²) in [6, 6.07) is 3.60. The first-order valence-electron chi connectivity index (χ1n) is 7.51. The van der Waals surface area contributed by atoms with Gasteiger partial charge in [0.05, 0.1) is 13.2 Å². The fourth-order valence-corrected chi connectivity index (χ4v) is 2.93. The van der Waals surface area contributed by atoms with Crippen LogP contribution in [0.1, 0.15) is 18.7 Å². The molecule has 0 aliphatic carbocycles. The van der Waals surface area contributed by atoms with Crippen molar-refractivity contribution >= 4 is 11.6 Å². The van der Waals surface area contributed by atoms with Gasteiger partial charge >= 0.3 is 0 Å². The molecule has 22 heavy (non-hydrogen) atoms. The molecule has 0 aromatic carbocycles. The van der Waals surface area contributed by atoms with Crippen molar-refractivity contribution in [2.75, 3.05) is 19.7 Å². The largest absolute Gasteiger partial charge is 0.476 e. The summed E-state index contributed by atoms with van der Waals surface area (Å²) in [6.45, 7) is 3.56. The van der Waals surface area contributed by atoms with Crippen LogP contribution in [0.15, 0.2) is 24.7 Å². The van der Waals surface area contributed by atoms with Crippen molar-refractivity contribution in [3.63, 3.8) is 0 Å². The zero-order valence-corrected chi connectivity index (χ0v) is 13.4. The van der Waals surface area contributed by atoms with E-state index in [1.807, 2.05) is 11.6 Å². The Hall–Kier alpha value is -1.66. The number of ether oxygens (including phenoxy) is 1. The number of rotatable bonds is 5. The summed E-state index contributed by atoms with van der Waals surface area (Å²) in [5.41, 5.74) is 0. The summed E-state index contributed by atoms with van der Waals surface area (Å²) >= 11 is 6.07. The highest BCUT2D eigenvalue weighted by Gasteiger charge is 2.22. The number of pyridine rings is 1. The number of likely N-dealkylation sites (tertiary alicyclic amines) is 1. The second-order valence-electron chi connectivity index (χ2n) is 5.70. The van der Waals surface area contributed by atoms with Crippen LogP contribution in [0.4, 0.5) is 0 Å². The Labute approximate surface area is 135 Å².